The summed E-state index contributed by atoms with van der Waals surface area (Å²) in [5.41, 5.74) is 14.1. The van der Waals surface area contributed by atoms with E-state index in [-0.39, 0.29) is 4.90 Å². The van der Waals surface area contributed by atoms with E-state index >= 15 is 0 Å². The van der Waals surface area contributed by atoms with E-state index < -0.39 is 9.84 Å². The van der Waals surface area contributed by atoms with Gasteiger partial charge in [0.05, 0.1) is 9.79 Å². The van der Waals surface area contributed by atoms with Crippen LogP contribution in [0.1, 0.15) is 11.1 Å². The summed E-state index contributed by atoms with van der Waals surface area (Å²) in [6, 6.07) is 56.8. The third kappa shape index (κ3) is 4.68. The van der Waals surface area contributed by atoms with Gasteiger partial charge >= 0.3 is 0 Å². The lowest BCUT2D eigenvalue weighted by atomic mass is 9.77. The van der Waals surface area contributed by atoms with Crippen molar-refractivity contribution in [3.8, 4) is 55.6 Å². The van der Waals surface area contributed by atoms with Gasteiger partial charge in [0, 0.05) is 0 Å². The zero-order valence-electron chi connectivity index (χ0n) is 25.1. The van der Waals surface area contributed by atoms with Crippen LogP contribution >= 0.6 is 0 Å². The van der Waals surface area contributed by atoms with Gasteiger partial charge in [-0.3, -0.25) is 0 Å². The van der Waals surface area contributed by atoms with E-state index in [2.05, 4.69) is 115 Å². The molecule has 0 amide bonds. The Hall–Kier alpha value is -5.51. The van der Waals surface area contributed by atoms with E-state index in [0.717, 1.165) is 34.2 Å². The van der Waals surface area contributed by atoms with Crippen LogP contribution in [0.3, 0.4) is 0 Å². The van der Waals surface area contributed by atoms with Crippen LogP contribution in [0, 0.1) is 0 Å². The molecule has 0 saturated heterocycles. The lowest BCUT2D eigenvalue weighted by Gasteiger charge is -2.26. The Kier molecular flexibility index (Phi) is 6.97. The van der Waals surface area contributed by atoms with Crippen molar-refractivity contribution in [1.82, 2.24) is 0 Å². The summed E-state index contributed by atoms with van der Waals surface area (Å²) in [6.07, 6.45) is 0.791. The molecule has 7 aromatic rings. The Balaban J connectivity index is 1.49. The summed E-state index contributed by atoms with van der Waals surface area (Å²) < 4.78 is 27.1. The van der Waals surface area contributed by atoms with E-state index in [1.165, 1.54) is 38.9 Å². The van der Waals surface area contributed by atoms with Gasteiger partial charge in [-0.15, -0.1) is 0 Å². The molecule has 3 heteroatoms. The maximum atomic E-state index is 13.5. The predicted molar refractivity (Wildman–Crippen MR) is 188 cm³/mol. The van der Waals surface area contributed by atoms with Crippen LogP contribution in [-0.2, 0) is 16.3 Å². The second kappa shape index (κ2) is 11.4. The number of benzene rings is 7. The number of rotatable bonds is 6. The number of hydrogen-bond acceptors (Lipinski definition) is 2. The smallest absolute Gasteiger partial charge is 0.206 e. The van der Waals surface area contributed by atoms with Gasteiger partial charge in [-0.2, -0.15) is 0 Å². The van der Waals surface area contributed by atoms with E-state index in [4.69, 9.17) is 0 Å². The standard InChI is InChI=1S/C43H30O2S/c44-46(45,35-22-11-4-12-23-35)36-27-25-33(26-28-36)39-38-29-34-21-13-14-24-37(34)43(38)42(32-19-9-3-10-20-32)41(31-17-7-2-8-18-31)40(39)30-15-5-1-6-16-30/h1-28H,29H2. The van der Waals surface area contributed by atoms with Crippen LogP contribution in [0.2, 0.25) is 0 Å². The molecule has 1 aliphatic rings. The third-order valence-electron chi connectivity index (χ3n) is 8.95. The van der Waals surface area contributed by atoms with Crippen molar-refractivity contribution in [2.24, 2.45) is 0 Å². The zero-order chi connectivity index (χ0) is 31.1. The Morgan fingerprint density at radius 1 is 0.348 bits per heavy atom. The van der Waals surface area contributed by atoms with Crippen molar-refractivity contribution in [2.45, 2.75) is 16.2 Å². The highest BCUT2D eigenvalue weighted by Gasteiger charge is 2.32. The minimum absolute atomic E-state index is 0.285. The van der Waals surface area contributed by atoms with Gasteiger partial charge in [0.25, 0.3) is 0 Å². The van der Waals surface area contributed by atoms with Crippen molar-refractivity contribution < 1.29 is 8.42 Å². The van der Waals surface area contributed by atoms with Crippen LogP contribution in [0.15, 0.2) is 180 Å². The van der Waals surface area contributed by atoms with E-state index in [0.29, 0.717) is 4.90 Å². The molecule has 0 aromatic heterocycles. The number of fused-ring (bicyclic) bond motifs is 3. The average Bonchev–Trinajstić information content (AvgIpc) is 3.51. The molecule has 0 saturated carbocycles. The van der Waals surface area contributed by atoms with Crippen molar-refractivity contribution in [3.63, 3.8) is 0 Å². The van der Waals surface area contributed by atoms with E-state index in [1.54, 1.807) is 36.4 Å². The molecule has 0 radical (unpaired) electrons. The summed E-state index contributed by atoms with van der Waals surface area (Å²) in [5.74, 6) is 0. The molecule has 0 spiro atoms. The third-order valence-corrected chi connectivity index (χ3v) is 10.7. The minimum Gasteiger partial charge on any atom is -0.219 e. The highest BCUT2D eigenvalue weighted by molar-refractivity contribution is 7.91. The molecule has 7 aromatic carbocycles. The Bertz CT molecular complexity index is 2290. The van der Waals surface area contributed by atoms with Gasteiger partial charge in [0.1, 0.15) is 0 Å². The molecule has 8 rings (SSSR count). The number of hydrogen-bond donors (Lipinski definition) is 0. The Morgan fingerprint density at radius 3 is 1.28 bits per heavy atom. The maximum absolute atomic E-state index is 13.5. The molecule has 0 bridgehead atoms. The molecule has 220 valence electrons. The summed E-state index contributed by atoms with van der Waals surface area (Å²) in [5, 5.41) is 0. The molecule has 0 atom stereocenters. The van der Waals surface area contributed by atoms with Crippen LogP contribution in [0.25, 0.3) is 55.6 Å². The normalized spacial score (nSPS) is 12.0. The SMILES string of the molecule is O=S(=O)(c1ccccc1)c1ccc(-c2c3c(c(-c4ccccc4)c(-c4ccccc4)c2-c2ccccc2)-c2ccccc2C3)cc1. The first-order valence-electron chi connectivity index (χ1n) is 15.5. The summed E-state index contributed by atoms with van der Waals surface area (Å²) >= 11 is 0. The predicted octanol–water partition coefficient (Wildman–Crippen LogP) is 10.8. The fourth-order valence-electron chi connectivity index (χ4n) is 6.92. The largest absolute Gasteiger partial charge is 0.219 e. The van der Waals surface area contributed by atoms with Gasteiger partial charge < -0.3 is 0 Å². The van der Waals surface area contributed by atoms with Crippen LogP contribution < -0.4 is 0 Å². The lowest BCUT2D eigenvalue weighted by molar-refractivity contribution is 0.596. The average molecular weight is 611 g/mol. The first-order valence-corrected chi connectivity index (χ1v) is 17.0. The Morgan fingerprint density at radius 2 is 0.739 bits per heavy atom. The molecule has 0 aliphatic heterocycles. The van der Waals surface area contributed by atoms with Gasteiger partial charge in [0.2, 0.25) is 9.84 Å². The molecule has 0 N–H and O–H groups in total. The molecular weight excluding hydrogens is 581 g/mol. The second-order valence-electron chi connectivity index (χ2n) is 11.6. The topological polar surface area (TPSA) is 34.1 Å². The van der Waals surface area contributed by atoms with Gasteiger partial charge in [-0.25, -0.2) is 8.42 Å². The van der Waals surface area contributed by atoms with Crippen molar-refractivity contribution in [2.75, 3.05) is 0 Å². The molecule has 0 heterocycles. The molecule has 2 nitrogen and oxygen atoms in total. The van der Waals surface area contributed by atoms with Crippen molar-refractivity contribution in [1.29, 1.82) is 0 Å². The summed E-state index contributed by atoms with van der Waals surface area (Å²) in [6.45, 7) is 0. The maximum Gasteiger partial charge on any atom is 0.206 e. The fourth-order valence-corrected chi connectivity index (χ4v) is 8.20. The quantitative estimate of drug-likeness (QED) is 0.188. The van der Waals surface area contributed by atoms with Gasteiger partial charge in [-0.1, -0.05) is 146 Å². The highest BCUT2D eigenvalue weighted by atomic mass is 32.2. The van der Waals surface area contributed by atoms with E-state index in [9.17, 15) is 8.42 Å². The monoisotopic (exact) mass is 610 g/mol. The van der Waals surface area contributed by atoms with Crippen molar-refractivity contribution >= 4 is 9.84 Å². The molecular formula is C43H30O2S. The molecule has 1 aliphatic carbocycles. The van der Waals surface area contributed by atoms with Crippen LogP contribution in [0.5, 0.6) is 0 Å². The first kappa shape index (κ1) is 28.0. The zero-order valence-corrected chi connectivity index (χ0v) is 25.9. The van der Waals surface area contributed by atoms with Gasteiger partial charge in [0.15, 0.2) is 0 Å². The summed E-state index contributed by atoms with van der Waals surface area (Å²) in [7, 11) is -3.65. The fraction of sp³-hybridized carbons (Fsp3) is 0.0233. The first-order chi connectivity index (χ1) is 22.6. The van der Waals surface area contributed by atoms with Crippen LogP contribution in [-0.4, -0.2) is 8.42 Å². The van der Waals surface area contributed by atoms with Crippen molar-refractivity contribution in [3.05, 3.63) is 181 Å². The molecule has 0 fully saturated rings. The summed E-state index contributed by atoms with van der Waals surface area (Å²) in [4.78, 5) is 0.579. The molecule has 46 heavy (non-hydrogen) atoms. The van der Waals surface area contributed by atoms with E-state index in [1.807, 2.05) is 18.2 Å². The second-order valence-corrected chi connectivity index (χ2v) is 13.6. The highest BCUT2D eigenvalue weighted by Crippen LogP contribution is 2.56. The Labute approximate surface area is 270 Å². The minimum atomic E-state index is -3.65. The van der Waals surface area contributed by atoms with Crippen LogP contribution in [0.4, 0.5) is 0 Å². The van der Waals surface area contributed by atoms with Gasteiger partial charge in [-0.05, 0) is 97.4 Å². The number of sulfone groups is 1. The molecule has 0 unspecified atom stereocenters. The lowest BCUT2D eigenvalue weighted by Crippen LogP contribution is -2.03.